The second-order valence-corrected chi connectivity index (χ2v) is 9.04. The minimum atomic E-state index is -1.09. The van der Waals surface area contributed by atoms with Gasteiger partial charge in [-0.15, -0.1) is 0 Å². The molecule has 1 atom stereocenters. The van der Waals surface area contributed by atoms with Gasteiger partial charge in [-0.2, -0.15) is 0 Å². The summed E-state index contributed by atoms with van der Waals surface area (Å²) in [7, 11) is 0. The average Bonchev–Trinajstić information content (AvgIpc) is 3.18. The van der Waals surface area contributed by atoms with E-state index in [4.69, 9.17) is 9.15 Å². The summed E-state index contributed by atoms with van der Waals surface area (Å²) in [5, 5.41) is 2.61. The van der Waals surface area contributed by atoms with Crippen LogP contribution in [0.15, 0.2) is 46.9 Å². The standard InChI is InChI=1S/C25H33NO5/c1-24(2,3)31-23(29)26-25(4,18-27)17-16-20-14-15-22(30-20)21(28)13-9-8-12-19-10-6-5-7-11-19/h5-7,10-11,14-15,18H,8-9,12-13,16-17H2,1-4H3,(H,26,29)/t25-/m1/s1. The van der Waals surface area contributed by atoms with E-state index in [1.54, 1.807) is 39.8 Å². The molecule has 0 aliphatic heterocycles. The second kappa shape index (κ2) is 10.9. The summed E-state index contributed by atoms with van der Waals surface area (Å²) >= 11 is 0. The number of hydrogen-bond acceptors (Lipinski definition) is 5. The molecule has 1 aromatic carbocycles. The van der Waals surface area contributed by atoms with Gasteiger partial charge >= 0.3 is 6.09 Å². The van der Waals surface area contributed by atoms with Crippen molar-refractivity contribution in [3.05, 3.63) is 59.5 Å². The molecule has 6 heteroatoms. The largest absolute Gasteiger partial charge is 0.458 e. The third-order valence-electron chi connectivity index (χ3n) is 4.84. The maximum atomic E-state index is 12.4. The van der Waals surface area contributed by atoms with Crippen LogP contribution in [0.4, 0.5) is 4.79 Å². The molecule has 1 N–H and O–H groups in total. The summed E-state index contributed by atoms with van der Waals surface area (Å²) in [6.07, 6.45) is 3.91. The Labute approximate surface area is 184 Å². The van der Waals surface area contributed by atoms with Crippen LogP contribution in [0.5, 0.6) is 0 Å². The molecule has 31 heavy (non-hydrogen) atoms. The zero-order chi connectivity index (χ0) is 22.9. The SMILES string of the molecule is CC(C)(C)OC(=O)N[C@@](C)(C=O)CCc1ccc(C(=O)CCCCc2ccccc2)o1. The Bertz CT molecular complexity index is 866. The van der Waals surface area contributed by atoms with Crippen LogP contribution in [-0.2, 0) is 22.4 Å². The van der Waals surface area contributed by atoms with Crippen LogP contribution >= 0.6 is 0 Å². The van der Waals surface area contributed by atoms with Crippen LogP contribution < -0.4 is 5.32 Å². The zero-order valence-corrected chi connectivity index (χ0v) is 18.9. The highest BCUT2D eigenvalue weighted by atomic mass is 16.6. The first-order valence-electron chi connectivity index (χ1n) is 10.7. The highest BCUT2D eigenvalue weighted by Gasteiger charge is 2.29. The van der Waals surface area contributed by atoms with Gasteiger partial charge in [0, 0.05) is 12.8 Å². The number of carbonyl (C=O) groups is 3. The monoisotopic (exact) mass is 427 g/mol. The minimum absolute atomic E-state index is 0.0238. The van der Waals surface area contributed by atoms with Gasteiger partial charge in [0.25, 0.3) is 0 Å². The Morgan fingerprint density at radius 3 is 2.35 bits per heavy atom. The summed E-state index contributed by atoms with van der Waals surface area (Å²) in [5.74, 6) is 0.915. The molecule has 0 fully saturated rings. The number of aldehydes is 1. The lowest BCUT2D eigenvalue weighted by molar-refractivity contribution is -0.113. The molecular formula is C25H33NO5. The van der Waals surface area contributed by atoms with Gasteiger partial charge in [0.2, 0.25) is 0 Å². The number of aryl methyl sites for hydroxylation is 2. The van der Waals surface area contributed by atoms with E-state index in [1.165, 1.54) is 5.56 Å². The Balaban J connectivity index is 1.79. The lowest BCUT2D eigenvalue weighted by Gasteiger charge is -2.27. The van der Waals surface area contributed by atoms with Crippen molar-refractivity contribution in [1.29, 1.82) is 0 Å². The third-order valence-corrected chi connectivity index (χ3v) is 4.84. The molecule has 6 nitrogen and oxygen atoms in total. The van der Waals surface area contributed by atoms with Crippen molar-refractivity contribution >= 4 is 18.2 Å². The van der Waals surface area contributed by atoms with Crippen molar-refractivity contribution in [3.8, 4) is 0 Å². The van der Waals surface area contributed by atoms with Gasteiger partial charge in [-0.1, -0.05) is 30.3 Å². The zero-order valence-electron chi connectivity index (χ0n) is 18.9. The molecule has 0 radical (unpaired) electrons. The van der Waals surface area contributed by atoms with Crippen LogP contribution in [0, 0.1) is 0 Å². The molecule has 0 spiro atoms. The van der Waals surface area contributed by atoms with E-state index in [2.05, 4.69) is 17.4 Å². The molecular weight excluding hydrogens is 394 g/mol. The average molecular weight is 428 g/mol. The molecule has 0 saturated heterocycles. The normalized spacial score (nSPS) is 13.3. The maximum absolute atomic E-state index is 12.4. The number of Topliss-reactive ketones (excluding diaryl/α,β-unsaturated/α-hetero) is 1. The van der Waals surface area contributed by atoms with Crippen molar-refractivity contribution < 1.29 is 23.5 Å². The molecule has 1 amide bonds. The van der Waals surface area contributed by atoms with E-state index in [-0.39, 0.29) is 5.78 Å². The lowest BCUT2D eigenvalue weighted by atomic mass is 9.97. The van der Waals surface area contributed by atoms with Gasteiger partial charge in [0.1, 0.15) is 17.6 Å². The first-order chi connectivity index (χ1) is 14.6. The van der Waals surface area contributed by atoms with Gasteiger partial charge < -0.3 is 19.3 Å². The van der Waals surface area contributed by atoms with Gasteiger partial charge in [0.05, 0.1) is 5.54 Å². The number of ether oxygens (including phenoxy) is 1. The van der Waals surface area contributed by atoms with Crippen molar-refractivity contribution in [1.82, 2.24) is 5.32 Å². The topological polar surface area (TPSA) is 85.6 Å². The van der Waals surface area contributed by atoms with Gasteiger partial charge in [-0.3, -0.25) is 4.79 Å². The fourth-order valence-electron chi connectivity index (χ4n) is 3.12. The molecule has 0 bridgehead atoms. The maximum Gasteiger partial charge on any atom is 0.408 e. The molecule has 2 rings (SSSR count). The number of amides is 1. The highest BCUT2D eigenvalue weighted by molar-refractivity contribution is 5.93. The van der Waals surface area contributed by atoms with E-state index in [0.29, 0.717) is 37.1 Å². The summed E-state index contributed by atoms with van der Waals surface area (Å²) in [6, 6.07) is 13.6. The van der Waals surface area contributed by atoms with Crippen LogP contribution in [0.1, 0.15) is 75.3 Å². The Morgan fingerprint density at radius 2 is 1.71 bits per heavy atom. The Morgan fingerprint density at radius 1 is 1.00 bits per heavy atom. The van der Waals surface area contributed by atoms with Crippen LogP contribution in [0.3, 0.4) is 0 Å². The number of ketones is 1. The lowest BCUT2D eigenvalue weighted by Crippen LogP contribution is -2.49. The molecule has 2 aromatic rings. The molecule has 0 aliphatic carbocycles. The van der Waals surface area contributed by atoms with Crippen molar-refractivity contribution in [2.75, 3.05) is 0 Å². The smallest absolute Gasteiger partial charge is 0.408 e. The number of furan rings is 1. The van der Waals surface area contributed by atoms with Gasteiger partial charge in [0.15, 0.2) is 11.5 Å². The fourth-order valence-corrected chi connectivity index (χ4v) is 3.12. The molecule has 0 saturated carbocycles. The van der Waals surface area contributed by atoms with Gasteiger partial charge in [-0.05, 0) is 71.1 Å². The predicted octanol–water partition coefficient (Wildman–Crippen LogP) is 5.29. The first-order valence-corrected chi connectivity index (χ1v) is 10.7. The summed E-state index contributed by atoms with van der Waals surface area (Å²) < 4.78 is 10.9. The molecule has 168 valence electrons. The number of rotatable bonds is 11. The molecule has 1 heterocycles. The Hall–Kier alpha value is -2.89. The summed E-state index contributed by atoms with van der Waals surface area (Å²) in [4.78, 5) is 35.9. The minimum Gasteiger partial charge on any atom is -0.458 e. The van der Waals surface area contributed by atoms with Crippen molar-refractivity contribution in [2.45, 2.75) is 77.4 Å². The second-order valence-electron chi connectivity index (χ2n) is 9.04. The number of unbranched alkanes of at least 4 members (excludes halogenated alkanes) is 1. The van der Waals surface area contributed by atoms with E-state index in [9.17, 15) is 14.4 Å². The molecule has 1 aromatic heterocycles. The third kappa shape index (κ3) is 8.79. The number of carbonyl (C=O) groups excluding carboxylic acids is 3. The van der Waals surface area contributed by atoms with E-state index < -0.39 is 17.2 Å². The molecule has 0 unspecified atom stereocenters. The first kappa shape index (κ1) is 24.4. The number of hydrogen-bond donors (Lipinski definition) is 1. The number of nitrogens with one attached hydrogen (secondary N) is 1. The highest BCUT2D eigenvalue weighted by Crippen LogP contribution is 2.18. The predicted molar refractivity (Wildman–Crippen MR) is 119 cm³/mol. The van der Waals surface area contributed by atoms with Crippen LogP contribution in [0.2, 0.25) is 0 Å². The fraction of sp³-hybridized carbons (Fsp3) is 0.480. The van der Waals surface area contributed by atoms with Crippen molar-refractivity contribution in [2.24, 2.45) is 0 Å². The van der Waals surface area contributed by atoms with Gasteiger partial charge in [-0.25, -0.2) is 4.79 Å². The van der Waals surface area contributed by atoms with Crippen LogP contribution in [-0.4, -0.2) is 29.3 Å². The number of alkyl carbamates (subject to hydrolysis) is 1. The molecule has 0 aliphatic rings. The van der Waals surface area contributed by atoms with E-state index in [1.807, 2.05) is 18.2 Å². The van der Waals surface area contributed by atoms with Crippen LogP contribution in [0.25, 0.3) is 0 Å². The van der Waals surface area contributed by atoms with Crippen molar-refractivity contribution in [3.63, 3.8) is 0 Å². The quantitative estimate of drug-likeness (QED) is 0.299. The van der Waals surface area contributed by atoms with E-state index >= 15 is 0 Å². The summed E-state index contributed by atoms with van der Waals surface area (Å²) in [6.45, 7) is 6.90. The number of benzene rings is 1. The van der Waals surface area contributed by atoms with E-state index in [0.717, 1.165) is 19.3 Å². The Kier molecular flexibility index (Phi) is 8.60. The summed E-state index contributed by atoms with van der Waals surface area (Å²) in [5.41, 5.74) is -0.462.